The Hall–Kier alpha value is -1.82. The first kappa shape index (κ1) is 19.2. The molecule has 1 heterocycles. The molecule has 1 aromatic heterocycles. The van der Waals surface area contributed by atoms with Crippen molar-refractivity contribution in [1.29, 1.82) is 0 Å². The Morgan fingerprint density at radius 3 is 2.65 bits per heavy atom. The molecule has 128 valence electrons. The Balaban J connectivity index is 0.000000463. The van der Waals surface area contributed by atoms with E-state index in [1.54, 1.807) is 11.8 Å². The SMILES string of the molecule is CCCSc1ccc2nc(NC(=O)OC)[nH]c2c1.O=S(=O)(O)O. The monoisotopic (exact) mass is 363 g/mol. The van der Waals surface area contributed by atoms with Gasteiger partial charge >= 0.3 is 16.5 Å². The maximum atomic E-state index is 11.1. The van der Waals surface area contributed by atoms with Crippen LogP contribution < -0.4 is 5.32 Å². The molecule has 11 heteroatoms. The highest BCUT2D eigenvalue weighted by Gasteiger charge is 2.07. The molecule has 0 radical (unpaired) electrons. The molecule has 0 atom stereocenters. The molecule has 0 saturated heterocycles. The third kappa shape index (κ3) is 7.83. The van der Waals surface area contributed by atoms with Crippen LogP contribution in [0.3, 0.4) is 0 Å². The number of hydrogen-bond donors (Lipinski definition) is 4. The van der Waals surface area contributed by atoms with Gasteiger partial charge in [0.15, 0.2) is 0 Å². The van der Waals surface area contributed by atoms with Gasteiger partial charge in [-0.15, -0.1) is 11.8 Å². The van der Waals surface area contributed by atoms with Gasteiger partial charge in [-0.05, 0) is 30.4 Å². The summed E-state index contributed by atoms with van der Waals surface area (Å²) in [7, 11) is -3.35. The highest BCUT2D eigenvalue weighted by atomic mass is 32.3. The van der Waals surface area contributed by atoms with E-state index in [0.717, 1.165) is 23.2 Å². The zero-order valence-corrected chi connectivity index (χ0v) is 14.1. The number of nitrogens with zero attached hydrogens (tertiary/aromatic N) is 1. The van der Waals surface area contributed by atoms with Crippen LogP contribution in [0, 0.1) is 0 Å². The molecule has 1 amide bonds. The first-order chi connectivity index (χ1) is 10.7. The Morgan fingerprint density at radius 1 is 1.43 bits per heavy atom. The minimum Gasteiger partial charge on any atom is -0.453 e. The van der Waals surface area contributed by atoms with E-state index < -0.39 is 16.5 Å². The van der Waals surface area contributed by atoms with Gasteiger partial charge in [0.1, 0.15) is 0 Å². The smallest absolute Gasteiger partial charge is 0.413 e. The number of ether oxygens (including phenoxy) is 1. The van der Waals surface area contributed by atoms with Crippen molar-refractivity contribution in [3.05, 3.63) is 18.2 Å². The molecule has 0 spiro atoms. The molecule has 0 aliphatic heterocycles. The topological polar surface area (TPSA) is 142 Å². The lowest BCUT2D eigenvalue weighted by atomic mass is 10.3. The van der Waals surface area contributed by atoms with Crippen molar-refractivity contribution in [2.75, 3.05) is 18.2 Å². The Morgan fingerprint density at radius 2 is 2.09 bits per heavy atom. The van der Waals surface area contributed by atoms with Crippen LogP contribution in [0.4, 0.5) is 10.7 Å². The average Bonchev–Trinajstić information content (AvgIpc) is 2.84. The van der Waals surface area contributed by atoms with Gasteiger partial charge in [-0.25, -0.2) is 9.78 Å². The van der Waals surface area contributed by atoms with Crippen LogP contribution in [0.2, 0.25) is 0 Å². The first-order valence-corrected chi connectivity index (χ1v) is 8.78. The van der Waals surface area contributed by atoms with Crippen molar-refractivity contribution in [3.63, 3.8) is 0 Å². The summed E-state index contributed by atoms with van der Waals surface area (Å²) in [5, 5.41) is 2.51. The zero-order valence-electron chi connectivity index (χ0n) is 12.4. The summed E-state index contributed by atoms with van der Waals surface area (Å²) in [5.41, 5.74) is 1.73. The third-order valence-corrected chi connectivity index (χ3v) is 3.53. The van der Waals surface area contributed by atoms with Gasteiger partial charge in [0.2, 0.25) is 5.95 Å². The molecule has 4 N–H and O–H groups in total. The van der Waals surface area contributed by atoms with Gasteiger partial charge in [0.05, 0.1) is 18.1 Å². The van der Waals surface area contributed by atoms with E-state index in [1.165, 1.54) is 12.0 Å². The first-order valence-electron chi connectivity index (χ1n) is 6.40. The molecule has 2 aromatic rings. The van der Waals surface area contributed by atoms with Crippen LogP contribution in [-0.4, -0.2) is 46.4 Å². The molecule has 1 aromatic carbocycles. The maximum Gasteiger partial charge on any atom is 0.413 e. The van der Waals surface area contributed by atoms with Gasteiger partial charge in [-0.1, -0.05) is 6.92 Å². The summed E-state index contributed by atoms with van der Waals surface area (Å²) in [5.74, 6) is 1.49. The summed E-state index contributed by atoms with van der Waals surface area (Å²) in [4.78, 5) is 19.5. The normalized spacial score (nSPS) is 10.8. The largest absolute Gasteiger partial charge is 0.453 e. The van der Waals surface area contributed by atoms with E-state index in [0.29, 0.717) is 5.95 Å². The Bertz CT molecular complexity index is 751. The second kappa shape index (κ2) is 8.72. The number of aromatic amines is 1. The summed E-state index contributed by atoms with van der Waals surface area (Å²) >= 11 is 1.80. The minimum atomic E-state index is -4.67. The fraction of sp³-hybridized carbons (Fsp3) is 0.333. The van der Waals surface area contributed by atoms with Crippen LogP contribution in [-0.2, 0) is 15.1 Å². The molecule has 0 fully saturated rings. The summed E-state index contributed by atoms with van der Waals surface area (Å²) < 4.78 is 36.1. The lowest BCUT2D eigenvalue weighted by molar-refractivity contribution is 0.186. The number of carbonyl (C=O) groups excluding carboxylic acids is 1. The number of hydrogen-bond acceptors (Lipinski definition) is 6. The number of methoxy groups -OCH3 is 1. The van der Waals surface area contributed by atoms with Crippen LogP contribution in [0.15, 0.2) is 23.1 Å². The van der Waals surface area contributed by atoms with Gasteiger partial charge in [-0.2, -0.15) is 8.42 Å². The second-order valence-corrected chi connectivity index (χ2v) is 6.24. The van der Waals surface area contributed by atoms with Crippen molar-refractivity contribution in [2.24, 2.45) is 0 Å². The lowest BCUT2D eigenvalue weighted by Gasteiger charge is -1.98. The molecule has 0 aliphatic rings. The van der Waals surface area contributed by atoms with Crippen molar-refractivity contribution in [3.8, 4) is 0 Å². The van der Waals surface area contributed by atoms with Crippen molar-refractivity contribution in [1.82, 2.24) is 9.97 Å². The van der Waals surface area contributed by atoms with E-state index >= 15 is 0 Å². The number of fused-ring (bicyclic) bond motifs is 1. The molecule has 0 aliphatic carbocycles. The molecule has 23 heavy (non-hydrogen) atoms. The Labute approximate surface area is 137 Å². The number of amides is 1. The second-order valence-electron chi connectivity index (χ2n) is 4.18. The Kier molecular flexibility index (Phi) is 7.29. The molecule has 2 rings (SSSR count). The molecular weight excluding hydrogens is 346 g/mol. The van der Waals surface area contributed by atoms with E-state index in [2.05, 4.69) is 26.9 Å². The highest BCUT2D eigenvalue weighted by Crippen LogP contribution is 2.23. The molecule has 9 nitrogen and oxygen atoms in total. The fourth-order valence-corrected chi connectivity index (χ4v) is 2.31. The standard InChI is InChI=1S/C12H15N3O2S.H2O4S/c1-3-6-18-8-4-5-9-10(7-8)14-11(13-9)15-12(16)17-2;1-5(2,3)4/h4-5,7H,3,6H2,1-2H3,(H2,13,14,15,16);(H2,1,2,3,4). The number of nitrogens with one attached hydrogen (secondary N) is 2. The molecule has 0 unspecified atom stereocenters. The van der Waals surface area contributed by atoms with Crippen molar-refractivity contribution >= 4 is 45.2 Å². The highest BCUT2D eigenvalue weighted by molar-refractivity contribution is 7.99. The van der Waals surface area contributed by atoms with Gasteiger partial charge in [0.25, 0.3) is 0 Å². The van der Waals surface area contributed by atoms with Crippen molar-refractivity contribution in [2.45, 2.75) is 18.2 Å². The van der Waals surface area contributed by atoms with Gasteiger partial charge in [0, 0.05) is 4.90 Å². The van der Waals surface area contributed by atoms with E-state index in [9.17, 15) is 4.79 Å². The fourth-order valence-electron chi connectivity index (χ4n) is 1.51. The summed E-state index contributed by atoms with van der Waals surface area (Å²) in [6.07, 6.45) is 0.607. The number of imidazole rings is 1. The predicted molar refractivity (Wildman–Crippen MR) is 87.3 cm³/mol. The van der Waals surface area contributed by atoms with Crippen molar-refractivity contribution < 1.29 is 27.1 Å². The molecule has 0 bridgehead atoms. The van der Waals surface area contributed by atoms with Gasteiger partial charge < -0.3 is 9.72 Å². The summed E-state index contributed by atoms with van der Waals surface area (Å²) in [6, 6.07) is 6.00. The van der Waals surface area contributed by atoms with Crippen LogP contribution >= 0.6 is 11.8 Å². The summed E-state index contributed by atoms with van der Waals surface area (Å²) in [6.45, 7) is 2.15. The quantitative estimate of drug-likeness (QED) is 0.480. The number of anilines is 1. The predicted octanol–water partition coefficient (Wildman–Crippen LogP) is 2.59. The number of rotatable bonds is 4. The number of carbonyl (C=O) groups is 1. The van der Waals surface area contributed by atoms with Crippen LogP contribution in [0.1, 0.15) is 13.3 Å². The van der Waals surface area contributed by atoms with Crippen LogP contribution in [0.5, 0.6) is 0 Å². The average molecular weight is 363 g/mol. The number of thioether (sulfide) groups is 1. The van der Waals surface area contributed by atoms with Gasteiger partial charge in [-0.3, -0.25) is 14.4 Å². The zero-order chi connectivity index (χ0) is 17.5. The van der Waals surface area contributed by atoms with E-state index in [1.807, 2.05) is 18.2 Å². The minimum absolute atomic E-state index is 0.398. The van der Waals surface area contributed by atoms with E-state index in [4.69, 9.17) is 17.5 Å². The molecule has 0 saturated carbocycles. The molecular formula is C12H17N3O6S2. The maximum absolute atomic E-state index is 11.1. The third-order valence-electron chi connectivity index (χ3n) is 2.33. The van der Waals surface area contributed by atoms with E-state index in [-0.39, 0.29) is 0 Å². The number of aromatic nitrogens is 2. The lowest BCUT2D eigenvalue weighted by Crippen LogP contribution is -2.11. The number of benzene rings is 1. The van der Waals surface area contributed by atoms with Crippen LogP contribution in [0.25, 0.3) is 11.0 Å². The number of H-pyrrole nitrogens is 1.